The molecule has 0 radical (unpaired) electrons. The molecule has 3 N–H and O–H groups in total. The lowest BCUT2D eigenvalue weighted by Crippen LogP contribution is -2.30. The summed E-state index contributed by atoms with van der Waals surface area (Å²) in [6, 6.07) is 0. The van der Waals surface area contributed by atoms with Gasteiger partial charge in [-0.2, -0.15) is 0 Å². The number of hydrogen-bond donors (Lipinski definition) is 3. The second kappa shape index (κ2) is 78.1. The van der Waals surface area contributed by atoms with Gasteiger partial charge in [-0.1, -0.05) is 283 Å². The molecule has 0 bridgehead atoms. The van der Waals surface area contributed by atoms with Gasteiger partial charge in [-0.15, -0.1) is 0 Å². The number of phosphoric acid groups is 2. The highest BCUT2D eigenvalue weighted by Crippen LogP contribution is 2.45. The highest BCUT2D eigenvalue weighted by molar-refractivity contribution is 7.47. The summed E-state index contributed by atoms with van der Waals surface area (Å²) < 4.78 is 68.6. The van der Waals surface area contributed by atoms with Crippen LogP contribution in [0, 0.1) is 0 Å². The van der Waals surface area contributed by atoms with Crippen LogP contribution in [0.2, 0.25) is 0 Å². The van der Waals surface area contributed by atoms with E-state index in [4.69, 9.17) is 37.0 Å². The van der Waals surface area contributed by atoms with E-state index in [1.165, 1.54) is 70.6 Å². The molecule has 0 saturated carbocycles. The summed E-state index contributed by atoms with van der Waals surface area (Å²) in [5, 5.41) is 10.6. The molecule has 5 atom stereocenters. The number of rotatable bonds is 76. The smallest absolute Gasteiger partial charge is 0.462 e. The molecule has 0 aromatic rings. The van der Waals surface area contributed by atoms with Crippen LogP contribution in [0.25, 0.3) is 0 Å². The van der Waals surface area contributed by atoms with Crippen LogP contribution in [0.1, 0.15) is 323 Å². The van der Waals surface area contributed by atoms with Crippen LogP contribution in [-0.2, 0) is 65.4 Å². The molecule has 0 aliphatic rings. The Labute approximate surface area is 643 Å². The van der Waals surface area contributed by atoms with Crippen LogP contribution < -0.4 is 0 Å². The Hall–Kier alpha value is -5.06. The summed E-state index contributed by atoms with van der Waals surface area (Å²) in [5.74, 6) is -2.32. The Balaban J connectivity index is 5.48. The molecule has 0 aliphatic heterocycles. The van der Waals surface area contributed by atoms with E-state index in [1.54, 1.807) is 0 Å². The second-order valence-electron chi connectivity index (χ2n) is 27.0. The van der Waals surface area contributed by atoms with Crippen molar-refractivity contribution < 1.29 is 80.2 Å². The number of carbonyl (C=O) groups excluding carboxylic acids is 4. The monoisotopic (exact) mass is 1530 g/mol. The van der Waals surface area contributed by atoms with Crippen LogP contribution in [0.3, 0.4) is 0 Å². The second-order valence-corrected chi connectivity index (χ2v) is 29.9. The van der Waals surface area contributed by atoms with Crippen molar-refractivity contribution in [2.75, 3.05) is 39.6 Å². The molecule has 0 spiro atoms. The van der Waals surface area contributed by atoms with E-state index in [-0.39, 0.29) is 25.7 Å². The normalized spacial score (nSPS) is 14.6. The number of carbonyl (C=O) groups is 4. The maximum absolute atomic E-state index is 13.1. The SMILES string of the molecule is CC/C=C\C/C=C\C/C=C\C/C=C\C/C=C\CCCCCC(=O)O[C@H](COC(=O)CCCCCCC/C=C\CCCCCC)COP(=O)(O)OC[C@H](O)COP(=O)(O)OC[C@@H](COC(=O)CCCCCCCCC/C=C\CCCCCC)OC(=O)CC/C=C\C/C=C\C/C=C\C/C=C\C/C=C\CCCCC. The van der Waals surface area contributed by atoms with E-state index in [9.17, 15) is 43.2 Å². The van der Waals surface area contributed by atoms with Crippen molar-refractivity contribution >= 4 is 39.5 Å². The van der Waals surface area contributed by atoms with Gasteiger partial charge in [0.05, 0.1) is 26.4 Å². The number of hydrogen-bond acceptors (Lipinski definition) is 15. The molecule has 106 heavy (non-hydrogen) atoms. The van der Waals surface area contributed by atoms with E-state index in [0.717, 1.165) is 167 Å². The van der Waals surface area contributed by atoms with Crippen molar-refractivity contribution in [3.63, 3.8) is 0 Å². The van der Waals surface area contributed by atoms with E-state index in [2.05, 4.69) is 155 Å². The highest BCUT2D eigenvalue weighted by Gasteiger charge is 2.30. The highest BCUT2D eigenvalue weighted by atomic mass is 31.2. The largest absolute Gasteiger partial charge is 0.472 e. The molecule has 0 aliphatic carbocycles. The zero-order valence-electron chi connectivity index (χ0n) is 66.3. The molecular formula is C87H146O17P2. The molecule has 0 aromatic carbocycles. The summed E-state index contributed by atoms with van der Waals surface area (Å²) >= 11 is 0. The van der Waals surface area contributed by atoms with Gasteiger partial charge in [-0.25, -0.2) is 9.13 Å². The van der Waals surface area contributed by atoms with E-state index < -0.39 is 97.5 Å². The third-order valence-electron chi connectivity index (χ3n) is 16.8. The molecule has 0 saturated heterocycles. The van der Waals surface area contributed by atoms with Crippen molar-refractivity contribution in [3.05, 3.63) is 146 Å². The standard InChI is InChI=1S/C87H146O17P2/c1-5-9-13-17-21-25-29-33-36-38-40-42-45-49-53-57-61-65-69-73-86(91)103-82(77-97-84(89)71-67-63-59-55-51-47-32-28-24-20-16-12-8-4)79-101-105(93,94)99-75-81(88)76-100-106(95,96)102-80-83(78-98-85(90)72-68-64-60-56-52-48-44-35-31-27-23-19-15-11-7-3)104-87(92)74-70-66-62-58-54-50-46-43-41-39-37-34-30-26-22-18-14-10-6-2/h9,13,21-22,25-28,31-34,36-37,40-43,49-50,53-54,62,66,81-83,88H,5-8,10-12,14-20,23-24,29-30,35,38-39,44-48,51-52,55-61,63-65,67-80H2,1-4H3,(H,93,94)(H,95,96)/b13-9-,25-21-,26-22-,31-27-,32-28-,36-33-,37-34-,42-40-,43-41-,53-49-,54-50-,66-62-/t81-,82+,83+/m0/s1. The van der Waals surface area contributed by atoms with E-state index in [1.807, 2.05) is 18.2 Å². The fraction of sp³-hybridized carbons (Fsp3) is 0.678. The molecule has 0 amide bonds. The van der Waals surface area contributed by atoms with Gasteiger partial charge in [0.2, 0.25) is 0 Å². The van der Waals surface area contributed by atoms with Crippen molar-refractivity contribution in [1.82, 2.24) is 0 Å². The third kappa shape index (κ3) is 77.1. The van der Waals surface area contributed by atoms with Crippen molar-refractivity contribution in [2.45, 2.75) is 341 Å². The van der Waals surface area contributed by atoms with Gasteiger partial charge in [-0.3, -0.25) is 37.3 Å². The Kier molecular flexibility index (Phi) is 74.3. The lowest BCUT2D eigenvalue weighted by molar-refractivity contribution is -0.161. The van der Waals surface area contributed by atoms with Crippen molar-refractivity contribution in [3.8, 4) is 0 Å². The maximum Gasteiger partial charge on any atom is 0.472 e. The van der Waals surface area contributed by atoms with Crippen LogP contribution in [-0.4, -0.2) is 96.7 Å². The summed E-state index contributed by atoms with van der Waals surface area (Å²) in [5.41, 5.74) is 0. The molecule has 17 nitrogen and oxygen atoms in total. The first-order valence-corrected chi connectivity index (χ1v) is 44.1. The molecular weight excluding hydrogens is 1380 g/mol. The van der Waals surface area contributed by atoms with Crippen LogP contribution >= 0.6 is 15.6 Å². The maximum atomic E-state index is 13.1. The first kappa shape index (κ1) is 101. The van der Waals surface area contributed by atoms with Crippen molar-refractivity contribution in [1.29, 1.82) is 0 Å². The topological polar surface area (TPSA) is 237 Å². The molecule has 0 heterocycles. The van der Waals surface area contributed by atoms with Crippen LogP contribution in [0.15, 0.2) is 146 Å². The first-order chi connectivity index (χ1) is 51.7. The van der Waals surface area contributed by atoms with Gasteiger partial charge in [0.15, 0.2) is 12.2 Å². The fourth-order valence-corrected chi connectivity index (χ4v) is 12.1. The van der Waals surface area contributed by atoms with Gasteiger partial charge in [0.25, 0.3) is 0 Å². The predicted molar refractivity (Wildman–Crippen MR) is 436 cm³/mol. The fourth-order valence-electron chi connectivity index (χ4n) is 10.5. The number of allylic oxidation sites excluding steroid dienone is 24. The number of unbranched alkanes of at least 4 members (excludes halogenated alkanes) is 26. The van der Waals surface area contributed by atoms with Crippen molar-refractivity contribution in [2.24, 2.45) is 0 Å². The quantitative estimate of drug-likeness (QED) is 0.0169. The van der Waals surface area contributed by atoms with Gasteiger partial charge < -0.3 is 33.8 Å². The summed E-state index contributed by atoms with van der Waals surface area (Å²) in [7, 11) is -10.0. The minimum atomic E-state index is -5.01. The number of phosphoric ester groups is 2. The van der Waals surface area contributed by atoms with Gasteiger partial charge in [-0.05, 0) is 161 Å². The zero-order valence-corrected chi connectivity index (χ0v) is 68.1. The van der Waals surface area contributed by atoms with Crippen LogP contribution in [0.4, 0.5) is 0 Å². The number of aliphatic hydroxyl groups is 1. The molecule has 19 heteroatoms. The Bertz CT molecular complexity index is 2580. The average Bonchev–Trinajstić information content (AvgIpc) is 0.937. The summed E-state index contributed by atoms with van der Waals surface area (Å²) in [6.45, 7) is 4.58. The molecule has 2 unspecified atom stereocenters. The molecule has 0 rings (SSSR count). The Morgan fingerprint density at radius 2 is 0.509 bits per heavy atom. The lowest BCUT2D eigenvalue weighted by Gasteiger charge is -2.21. The Morgan fingerprint density at radius 3 is 0.849 bits per heavy atom. The first-order valence-electron chi connectivity index (χ1n) is 41.1. The number of ether oxygens (including phenoxy) is 4. The zero-order chi connectivity index (χ0) is 77.4. The molecule has 0 aromatic heterocycles. The van der Waals surface area contributed by atoms with Crippen LogP contribution in [0.5, 0.6) is 0 Å². The minimum absolute atomic E-state index is 0.0330. The van der Waals surface area contributed by atoms with Gasteiger partial charge in [0, 0.05) is 25.7 Å². The minimum Gasteiger partial charge on any atom is -0.462 e. The van der Waals surface area contributed by atoms with Gasteiger partial charge in [0.1, 0.15) is 19.3 Å². The number of esters is 4. The molecule has 606 valence electrons. The average molecular weight is 1530 g/mol. The summed E-state index contributed by atoms with van der Waals surface area (Å²) in [6.07, 6.45) is 89.8. The Morgan fingerprint density at radius 1 is 0.274 bits per heavy atom. The molecule has 0 fully saturated rings. The lowest BCUT2D eigenvalue weighted by atomic mass is 10.1. The summed E-state index contributed by atoms with van der Waals surface area (Å²) in [4.78, 5) is 73.1. The van der Waals surface area contributed by atoms with E-state index in [0.29, 0.717) is 32.1 Å². The van der Waals surface area contributed by atoms with E-state index >= 15 is 0 Å². The third-order valence-corrected chi connectivity index (χ3v) is 18.7. The predicted octanol–water partition coefficient (Wildman–Crippen LogP) is 24.2. The van der Waals surface area contributed by atoms with Gasteiger partial charge >= 0.3 is 39.5 Å². The number of aliphatic hydroxyl groups excluding tert-OH is 1.